The van der Waals surface area contributed by atoms with E-state index in [0.29, 0.717) is 6.54 Å². The highest BCUT2D eigenvalue weighted by atomic mass is 16.5. The Bertz CT molecular complexity index is 183. The third-order valence-electron chi connectivity index (χ3n) is 1.58. The van der Waals surface area contributed by atoms with Crippen molar-refractivity contribution in [1.29, 1.82) is 0 Å². The summed E-state index contributed by atoms with van der Waals surface area (Å²) in [6, 6.07) is 0. The third kappa shape index (κ3) is 1.54. The van der Waals surface area contributed by atoms with Crippen molar-refractivity contribution in [3.05, 3.63) is 4.91 Å². The monoisotopic (exact) mass is 158 g/mol. The number of carbonyl (C=O) groups is 1. The van der Waals surface area contributed by atoms with Crippen molar-refractivity contribution in [2.24, 2.45) is 5.18 Å². The SMILES string of the molecule is CC1CN(C)C(=O)C(N=O)O1. The predicted octanol–water partition coefficient (Wildman–Crippen LogP) is -0.0440. The van der Waals surface area contributed by atoms with Crippen molar-refractivity contribution >= 4 is 5.91 Å². The number of amides is 1. The first-order chi connectivity index (χ1) is 5.15. The quantitative estimate of drug-likeness (QED) is 0.503. The molecule has 0 spiro atoms. The molecule has 1 fully saturated rings. The van der Waals surface area contributed by atoms with Crippen molar-refractivity contribution in [1.82, 2.24) is 4.90 Å². The second-order valence-electron chi connectivity index (χ2n) is 2.62. The topological polar surface area (TPSA) is 59.0 Å². The van der Waals surface area contributed by atoms with Gasteiger partial charge in [-0.1, -0.05) is 0 Å². The van der Waals surface area contributed by atoms with E-state index in [1.54, 1.807) is 14.0 Å². The zero-order valence-corrected chi connectivity index (χ0v) is 6.48. The highest BCUT2D eigenvalue weighted by Gasteiger charge is 2.31. The van der Waals surface area contributed by atoms with Crippen LogP contribution in [0.25, 0.3) is 0 Å². The summed E-state index contributed by atoms with van der Waals surface area (Å²) >= 11 is 0. The lowest BCUT2D eigenvalue weighted by Crippen LogP contribution is -2.48. The van der Waals surface area contributed by atoms with Gasteiger partial charge in [-0.05, 0) is 12.1 Å². The molecule has 11 heavy (non-hydrogen) atoms. The van der Waals surface area contributed by atoms with Crippen LogP contribution in [-0.2, 0) is 9.53 Å². The summed E-state index contributed by atoms with van der Waals surface area (Å²) in [5.74, 6) is -0.363. The maximum Gasteiger partial charge on any atom is 0.278 e. The summed E-state index contributed by atoms with van der Waals surface area (Å²) in [5, 5.41) is 2.57. The largest absolute Gasteiger partial charge is 0.341 e. The van der Waals surface area contributed by atoms with Crippen LogP contribution in [0.5, 0.6) is 0 Å². The maximum atomic E-state index is 11.0. The Hall–Kier alpha value is -0.970. The van der Waals surface area contributed by atoms with E-state index in [-0.39, 0.29) is 12.0 Å². The third-order valence-corrected chi connectivity index (χ3v) is 1.58. The van der Waals surface area contributed by atoms with Crippen LogP contribution in [0.1, 0.15) is 6.92 Å². The van der Waals surface area contributed by atoms with Crippen LogP contribution in [0, 0.1) is 4.91 Å². The van der Waals surface area contributed by atoms with Gasteiger partial charge < -0.3 is 9.64 Å². The van der Waals surface area contributed by atoms with Gasteiger partial charge in [0.05, 0.1) is 6.10 Å². The summed E-state index contributed by atoms with van der Waals surface area (Å²) in [6.45, 7) is 2.31. The zero-order valence-electron chi connectivity index (χ0n) is 6.48. The molecular weight excluding hydrogens is 148 g/mol. The average molecular weight is 158 g/mol. The molecular formula is C6H10N2O3. The number of ether oxygens (including phenoxy) is 1. The van der Waals surface area contributed by atoms with Gasteiger partial charge >= 0.3 is 0 Å². The first-order valence-electron chi connectivity index (χ1n) is 3.38. The fourth-order valence-corrected chi connectivity index (χ4v) is 1.06. The van der Waals surface area contributed by atoms with Crippen LogP contribution in [-0.4, -0.2) is 36.7 Å². The molecule has 0 N–H and O–H groups in total. The van der Waals surface area contributed by atoms with Gasteiger partial charge in [0.2, 0.25) is 0 Å². The molecule has 5 nitrogen and oxygen atoms in total. The number of nitrogens with zero attached hydrogens (tertiary/aromatic N) is 2. The van der Waals surface area contributed by atoms with Crippen molar-refractivity contribution in [2.45, 2.75) is 19.3 Å². The summed E-state index contributed by atoms with van der Waals surface area (Å²) in [6.07, 6.45) is -1.25. The van der Waals surface area contributed by atoms with Gasteiger partial charge in [-0.25, -0.2) is 0 Å². The lowest BCUT2D eigenvalue weighted by molar-refractivity contribution is -0.157. The van der Waals surface area contributed by atoms with Crippen LogP contribution in [0.3, 0.4) is 0 Å². The number of hydrogen-bond acceptors (Lipinski definition) is 4. The summed E-state index contributed by atoms with van der Waals surface area (Å²) in [5.41, 5.74) is 0. The van der Waals surface area contributed by atoms with Gasteiger partial charge in [-0.2, -0.15) is 0 Å². The minimum absolute atomic E-state index is 0.111. The highest BCUT2D eigenvalue weighted by molar-refractivity contribution is 5.81. The molecule has 2 atom stereocenters. The molecule has 1 rings (SSSR count). The van der Waals surface area contributed by atoms with E-state index >= 15 is 0 Å². The predicted molar refractivity (Wildman–Crippen MR) is 37.8 cm³/mol. The zero-order chi connectivity index (χ0) is 8.43. The van der Waals surface area contributed by atoms with E-state index in [1.165, 1.54) is 4.90 Å². The van der Waals surface area contributed by atoms with Gasteiger partial charge in [0, 0.05) is 13.6 Å². The van der Waals surface area contributed by atoms with Gasteiger partial charge in [0.25, 0.3) is 12.1 Å². The Balaban J connectivity index is 2.66. The van der Waals surface area contributed by atoms with Gasteiger partial charge in [0.15, 0.2) is 0 Å². The Morgan fingerprint density at radius 3 is 2.91 bits per heavy atom. The lowest BCUT2D eigenvalue weighted by Gasteiger charge is -2.30. The lowest BCUT2D eigenvalue weighted by atomic mass is 10.3. The molecule has 62 valence electrons. The van der Waals surface area contributed by atoms with Crippen LogP contribution >= 0.6 is 0 Å². The molecule has 5 heteroatoms. The highest BCUT2D eigenvalue weighted by Crippen LogP contribution is 2.10. The van der Waals surface area contributed by atoms with Gasteiger partial charge in [-0.15, -0.1) is 4.91 Å². The minimum atomic E-state index is -1.14. The number of morpholine rings is 1. The molecule has 0 bridgehead atoms. The summed E-state index contributed by atoms with van der Waals surface area (Å²) < 4.78 is 4.95. The molecule has 0 aliphatic carbocycles. The van der Waals surface area contributed by atoms with Crippen LogP contribution < -0.4 is 0 Å². The molecule has 0 aromatic heterocycles. The second kappa shape index (κ2) is 2.96. The first kappa shape index (κ1) is 8.13. The molecule has 1 amide bonds. The molecule has 0 saturated carbocycles. The second-order valence-corrected chi connectivity index (χ2v) is 2.62. The maximum absolute atomic E-state index is 11.0. The van der Waals surface area contributed by atoms with E-state index in [9.17, 15) is 9.70 Å². The number of likely N-dealkylation sites (N-methyl/N-ethyl adjacent to an activating group) is 1. The Morgan fingerprint density at radius 1 is 1.73 bits per heavy atom. The molecule has 1 aliphatic rings. The van der Waals surface area contributed by atoms with Crippen LogP contribution in [0.15, 0.2) is 5.18 Å². The average Bonchev–Trinajstić information content (AvgIpc) is 1.96. The number of nitroso groups, excluding NO2 is 1. The molecule has 1 aliphatic heterocycles. The number of hydrogen-bond donors (Lipinski definition) is 0. The van der Waals surface area contributed by atoms with Crippen LogP contribution in [0.4, 0.5) is 0 Å². The van der Waals surface area contributed by atoms with Crippen molar-refractivity contribution in [2.75, 3.05) is 13.6 Å². The van der Waals surface area contributed by atoms with E-state index in [2.05, 4.69) is 5.18 Å². The van der Waals surface area contributed by atoms with E-state index in [4.69, 9.17) is 4.74 Å². The van der Waals surface area contributed by atoms with E-state index in [1.807, 2.05) is 0 Å². The summed E-state index contributed by atoms with van der Waals surface area (Å²) in [4.78, 5) is 22.5. The summed E-state index contributed by atoms with van der Waals surface area (Å²) in [7, 11) is 1.62. The Morgan fingerprint density at radius 2 is 2.36 bits per heavy atom. The van der Waals surface area contributed by atoms with Gasteiger partial charge in [0.1, 0.15) is 0 Å². The molecule has 1 saturated heterocycles. The molecule has 0 aromatic rings. The fourth-order valence-electron chi connectivity index (χ4n) is 1.06. The van der Waals surface area contributed by atoms with E-state index < -0.39 is 6.23 Å². The first-order valence-corrected chi connectivity index (χ1v) is 3.38. The fraction of sp³-hybridized carbons (Fsp3) is 0.833. The molecule has 1 heterocycles. The number of rotatable bonds is 1. The standard InChI is InChI=1S/C6H10N2O3/c1-4-3-8(2)6(9)5(7-10)11-4/h4-5H,3H2,1-2H3. The number of carbonyl (C=O) groups excluding carboxylic acids is 1. The van der Waals surface area contributed by atoms with Crippen molar-refractivity contribution in [3.63, 3.8) is 0 Å². The molecule has 0 radical (unpaired) electrons. The normalized spacial score (nSPS) is 32.2. The molecule has 2 unspecified atom stereocenters. The van der Waals surface area contributed by atoms with E-state index in [0.717, 1.165) is 0 Å². The Kier molecular flexibility index (Phi) is 2.19. The Labute approximate surface area is 64.3 Å². The minimum Gasteiger partial charge on any atom is -0.341 e. The molecule has 0 aromatic carbocycles. The van der Waals surface area contributed by atoms with Crippen LogP contribution in [0.2, 0.25) is 0 Å². The van der Waals surface area contributed by atoms with Crippen molar-refractivity contribution < 1.29 is 9.53 Å². The van der Waals surface area contributed by atoms with Gasteiger partial charge in [-0.3, -0.25) is 4.79 Å². The smallest absolute Gasteiger partial charge is 0.278 e. The van der Waals surface area contributed by atoms with Crippen molar-refractivity contribution in [3.8, 4) is 0 Å².